The fourth-order valence-corrected chi connectivity index (χ4v) is 2.74. The lowest BCUT2D eigenvalue weighted by Gasteiger charge is -2.29. The Morgan fingerprint density at radius 3 is 2.78 bits per heavy atom. The van der Waals surface area contributed by atoms with Crippen LogP contribution in [0.5, 0.6) is 0 Å². The van der Waals surface area contributed by atoms with Crippen molar-refractivity contribution in [2.45, 2.75) is 32.6 Å². The van der Waals surface area contributed by atoms with Gasteiger partial charge in [-0.15, -0.1) is 0 Å². The van der Waals surface area contributed by atoms with Crippen LogP contribution in [0.3, 0.4) is 0 Å². The number of hydrogen-bond donors (Lipinski definition) is 0. The molecule has 3 heteroatoms. The van der Waals surface area contributed by atoms with Crippen LogP contribution in [0.1, 0.15) is 41.1 Å². The number of rotatable bonds is 2. The Labute approximate surface area is 112 Å². The molecule has 1 unspecified atom stereocenters. The molecule has 1 aromatic heterocycles. The predicted octanol–water partition coefficient (Wildman–Crippen LogP) is 3.69. The second-order valence-electron chi connectivity index (χ2n) is 4.75. The fraction of sp³-hybridized carbons (Fsp3) is 0.333. The van der Waals surface area contributed by atoms with E-state index in [9.17, 15) is 0 Å². The van der Waals surface area contributed by atoms with E-state index in [0.717, 1.165) is 29.9 Å². The van der Waals surface area contributed by atoms with Crippen LogP contribution < -0.4 is 0 Å². The number of hydrogen-bond acceptors (Lipinski definition) is 2. The summed E-state index contributed by atoms with van der Waals surface area (Å²) in [5, 5.41) is 0.598. The highest BCUT2D eigenvalue weighted by Crippen LogP contribution is 2.39. The number of aryl methyl sites for hydroxylation is 1. The molecule has 2 nitrogen and oxygen atoms in total. The molecule has 1 atom stereocenters. The highest BCUT2D eigenvalue weighted by Gasteiger charge is 2.30. The van der Waals surface area contributed by atoms with Gasteiger partial charge in [0.05, 0.1) is 0 Å². The smallest absolute Gasteiger partial charge is 0.138 e. The van der Waals surface area contributed by atoms with Crippen LogP contribution in [0, 0.1) is 6.92 Å². The molecule has 1 aromatic carbocycles. The third-order valence-electron chi connectivity index (χ3n) is 3.71. The first kappa shape index (κ1) is 11.7. The first-order valence-electron chi connectivity index (χ1n) is 6.31. The van der Waals surface area contributed by atoms with E-state index < -0.39 is 0 Å². The highest BCUT2D eigenvalue weighted by molar-refractivity contribution is 6.30. The maximum atomic E-state index is 6.20. The third kappa shape index (κ3) is 1.72. The van der Waals surface area contributed by atoms with E-state index in [0.29, 0.717) is 11.1 Å². The van der Waals surface area contributed by atoms with E-state index >= 15 is 0 Å². The second kappa shape index (κ2) is 4.36. The van der Waals surface area contributed by atoms with Crippen LogP contribution >= 0.6 is 11.6 Å². The second-order valence-corrected chi connectivity index (χ2v) is 5.11. The van der Waals surface area contributed by atoms with Gasteiger partial charge in [-0.2, -0.15) is 0 Å². The van der Waals surface area contributed by atoms with E-state index in [-0.39, 0.29) is 0 Å². The van der Waals surface area contributed by atoms with Gasteiger partial charge in [0.15, 0.2) is 0 Å². The van der Waals surface area contributed by atoms with Gasteiger partial charge >= 0.3 is 0 Å². The first-order chi connectivity index (χ1) is 8.70. The minimum absolute atomic E-state index is 0.324. The van der Waals surface area contributed by atoms with Gasteiger partial charge in [-0.3, -0.25) is 0 Å². The lowest BCUT2D eigenvalue weighted by Crippen LogP contribution is -2.21. The zero-order valence-electron chi connectivity index (χ0n) is 10.6. The number of nitrogens with zero attached hydrogens (tertiary/aromatic N) is 2. The van der Waals surface area contributed by atoms with Gasteiger partial charge in [-0.05, 0) is 30.9 Å². The van der Waals surface area contributed by atoms with Crippen molar-refractivity contribution in [2.24, 2.45) is 0 Å². The molecule has 0 N–H and O–H groups in total. The molecule has 0 saturated carbocycles. The predicted molar refractivity (Wildman–Crippen MR) is 73.1 cm³/mol. The van der Waals surface area contributed by atoms with Gasteiger partial charge in [0.25, 0.3) is 0 Å². The van der Waals surface area contributed by atoms with E-state index in [1.807, 2.05) is 6.92 Å². The van der Waals surface area contributed by atoms with E-state index in [4.69, 9.17) is 11.6 Å². The molecular weight excluding hydrogens is 244 g/mol. The summed E-state index contributed by atoms with van der Waals surface area (Å²) in [6.07, 6.45) is 1.92. The summed E-state index contributed by atoms with van der Waals surface area (Å²) < 4.78 is 0. The van der Waals surface area contributed by atoms with Crippen molar-refractivity contribution >= 4 is 11.6 Å². The zero-order chi connectivity index (χ0) is 12.7. The maximum Gasteiger partial charge on any atom is 0.138 e. The van der Waals surface area contributed by atoms with Crippen molar-refractivity contribution in [2.75, 3.05) is 0 Å². The topological polar surface area (TPSA) is 25.8 Å². The van der Waals surface area contributed by atoms with Crippen LogP contribution in [0.15, 0.2) is 24.3 Å². The van der Waals surface area contributed by atoms with Gasteiger partial charge in [0.1, 0.15) is 11.0 Å². The monoisotopic (exact) mass is 258 g/mol. The van der Waals surface area contributed by atoms with Crippen molar-refractivity contribution in [3.63, 3.8) is 0 Å². The number of aromatic nitrogens is 2. The Morgan fingerprint density at radius 2 is 2.06 bits per heavy atom. The number of benzene rings is 1. The average molecular weight is 259 g/mol. The van der Waals surface area contributed by atoms with Gasteiger partial charge in [-0.25, -0.2) is 9.97 Å². The van der Waals surface area contributed by atoms with Crippen LogP contribution in [0.25, 0.3) is 0 Å². The summed E-state index contributed by atoms with van der Waals surface area (Å²) in [5.74, 6) is 1.20. The molecule has 0 amide bonds. The fourth-order valence-electron chi connectivity index (χ4n) is 2.54. The summed E-state index contributed by atoms with van der Waals surface area (Å²) in [4.78, 5) is 9.13. The van der Waals surface area contributed by atoms with E-state index in [1.54, 1.807) is 0 Å². The van der Waals surface area contributed by atoms with Crippen LogP contribution in [-0.2, 0) is 12.8 Å². The number of halogens is 1. The molecule has 1 heterocycles. The minimum Gasteiger partial charge on any atom is -0.237 e. The van der Waals surface area contributed by atoms with Gasteiger partial charge < -0.3 is 0 Å². The van der Waals surface area contributed by atoms with Crippen molar-refractivity contribution < 1.29 is 0 Å². The summed E-state index contributed by atoms with van der Waals surface area (Å²) >= 11 is 6.20. The molecule has 0 aliphatic heterocycles. The summed E-state index contributed by atoms with van der Waals surface area (Å²) in [5.41, 5.74) is 4.82. The first-order valence-corrected chi connectivity index (χ1v) is 6.69. The summed E-state index contributed by atoms with van der Waals surface area (Å²) in [6, 6.07) is 8.48. The molecule has 0 spiro atoms. The van der Waals surface area contributed by atoms with Crippen LogP contribution in [0.2, 0.25) is 5.15 Å². The lowest BCUT2D eigenvalue weighted by molar-refractivity contribution is 0.652. The molecule has 3 rings (SSSR count). The maximum absolute atomic E-state index is 6.20. The molecule has 0 saturated heterocycles. The molecule has 1 aliphatic carbocycles. The molecule has 0 fully saturated rings. The molecule has 92 valence electrons. The Morgan fingerprint density at radius 1 is 1.28 bits per heavy atom. The molecule has 18 heavy (non-hydrogen) atoms. The Hall–Kier alpha value is -1.41. The minimum atomic E-state index is 0.324. The Bertz CT molecular complexity index is 607. The standard InChI is InChI=1S/C15H15ClN2/c1-3-13-9(2)14(16)18-15(17-13)12-8-10-6-4-5-7-11(10)12/h4-7,12H,3,8H2,1-2H3. The van der Waals surface area contributed by atoms with Gasteiger partial charge in [0, 0.05) is 17.2 Å². The Kier molecular flexibility index (Phi) is 2.83. The Balaban J connectivity index is 2.03. The molecule has 0 bridgehead atoms. The normalized spacial score (nSPS) is 17.2. The largest absolute Gasteiger partial charge is 0.237 e. The molecule has 2 aromatic rings. The van der Waals surface area contributed by atoms with Gasteiger partial charge in [0.2, 0.25) is 0 Å². The molecule has 1 aliphatic rings. The molecule has 0 radical (unpaired) electrons. The van der Waals surface area contributed by atoms with E-state index in [1.165, 1.54) is 11.1 Å². The van der Waals surface area contributed by atoms with Crippen LogP contribution in [-0.4, -0.2) is 9.97 Å². The SMILES string of the molecule is CCc1nc(C2Cc3ccccc32)nc(Cl)c1C. The van der Waals surface area contributed by atoms with Crippen molar-refractivity contribution in [3.05, 3.63) is 57.6 Å². The van der Waals surface area contributed by atoms with Crippen LogP contribution in [0.4, 0.5) is 0 Å². The van der Waals surface area contributed by atoms with Crippen molar-refractivity contribution in [1.82, 2.24) is 9.97 Å². The highest BCUT2D eigenvalue weighted by atomic mass is 35.5. The summed E-state index contributed by atoms with van der Waals surface area (Å²) in [7, 11) is 0. The third-order valence-corrected chi connectivity index (χ3v) is 4.07. The average Bonchev–Trinajstić information content (AvgIpc) is 2.35. The molecular formula is C15H15ClN2. The zero-order valence-corrected chi connectivity index (χ0v) is 11.3. The lowest BCUT2D eigenvalue weighted by atomic mass is 9.77. The quantitative estimate of drug-likeness (QED) is 0.768. The summed E-state index contributed by atoms with van der Waals surface area (Å²) in [6.45, 7) is 4.09. The van der Waals surface area contributed by atoms with Gasteiger partial charge in [-0.1, -0.05) is 42.8 Å². The van der Waals surface area contributed by atoms with Crippen molar-refractivity contribution in [1.29, 1.82) is 0 Å². The van der Waals surface area contributed by atoms with Crippen molar-refractivity contribution in [3.8, 4) is 0 Å². The number of fused-ring (bicyclic) bond motifs is 1. The van der Waals surface area contributed by atoms with E-state index in [2.05, 4.69) is 41.2 Å².